The lowest BCUT2D eigenvalue weighted by molar-refractivity contribution is -0.143. The van der Waals surface area contributed by atoms with Crippen molar-refractivity contribution in [2.75, 3.05) is 13.2 Å². The van der Waals surface area contributed by atoms with Gasteiger partial charge >= 0.3 is 5.97 Å². The van der Waals surface area contributed by atoms with Gasteiger partial charge in [0.05, 0.1) is 25.4 Å². The number of rotatable bonds is 57. The first kappa shape index (κ1) is 66.3. The highest BCUT2D eigenvalue weighted by atomic mass is 16.5. The van der Waals surface area contributed by atoms with E-state index in [0.29, 0.717) is 25.9 Å². The third-order valence-corrected chi connectivity index (χ3v) is 14.3. The Hall–Kier alpha value is -1.66. The second kappa shape index (κ2) is 57.9. The molecule has 0 aromatic rings. The van der Waals surface area contributed by atoms with Crippen LogP contribution in [0.3, 0.4) is 0 Å². The molecule has 0 aromatic heterocycles. The van der Waals surface area contributed by atoms with E-state index in [9.17, 15) is 19.8 Å². The molecule has 0 saturated heterocycles. The number of aliphatic hydroxyl groups excluding tert-OH is 2. The summed E-state index contributed by atoms with van der Waals surface area (Å²) in [5.41, 5.74) is 0. The Labute approximate surface area is 424 Å². The van der Waals surface area contributed by atoms with Gasteiger partial charge in [-0.2, -0.15) is 0 Å². The summed E-state index contributed by atoms with van der Waals surface area (Å²) in [5, 5.41) is 23.3. The van der Waals surface area contributed by atoms with Crippen LogP contribution in [0.2, 0.25) is 0 Å². The number of nitrogens with one attached hydrogen (secondary N) is 1. The van der Waals surface area contributed by atoms with E-state index in [2.05, 4.69) is 43.5 Å². The SMILES string of the molecule is CCCCCCCCCCCCCCCCCCCCCCC(O)C(CO)NC(=O)CCCCCCCCCCCC/C=C\C=C/CCCCCOC(=O)CCCCCCCCCCCCCC. The predicted molar refractivity (Wildman–Crippen MR) is 296 cm³/mol. The number of esters is 1. The van der Waals surface area contributed by atoms with Crippen LogP contribution in [0.5, 0.6) is 0 Å². The molecule has 0 radical (unpaired) electrons. The van der Waals surface area contributed by atoms with E-state index in [-0.39, 0.29) is 18.5 Å². The lowest BCUT2D eigenvalue weighted by atomic mass is 10.0. The Kier molecular flexibility index (Phi) is 56.5. The monoisotopic (exact) mass is 958 g/mol. The van der Waals surface area contributed by atoms with E-state index in [1.807, 2.05) is 0 Å². The molecule has 6 heteroatoms. The first-order chi connectivity index (χ1) is 33.5. The molecule has 68 heavy (non-hydrogen) atoms. The Balaban J connectivity index is 3.47. The number of ether oxygens (including phenoxy) is 1. The van der Waals surface area contributed by atoms with Crippen molar-refractivity contribution in [3.63, 3.8) is 0 Å². The molecular weight excluding hydrogens is 839 g/mol. The molecule has 0 saturated carbocycles. The Morgan fingerprint density at radius 2 is 0.721 bits per heavy atom. The van der Waals surface area contributed by atoms with Crippen LogP contribution in [0.25, 0.3) is 0 Å². The molecule has 0 heterocycles. The summed E-state index contributed by atoms with van der Waals surface area (Å²) in [6.07, 6.45) is 70.4. The van der Waals surface area contributed by atoms with Crippen molar-refractivity contribution in [3.05, 3.63) is 24.3 Å². The molecule has 402 valence electrons. The summed E-state index contributed by atoms with van der Waals surface area (Å²) in [7, 11) is 0. The number of carbonyl (C=O) groups excluding carboxylic acids is 2. The quantitative estimate of drug-likeness (QED) is 0.0321. The molecule has 0 fully saturated rings. The van der Waals surface area contributed by atoms with E-state index in [1.54, 1.807) is 0 Å². The fourth-order valence-corrected chi connectivity index (χ4v) is 9.57. The third kappa shape index (κ3) is 53.7. The van der Waals surface area contributed by atoms with Gasteiger partial charge in [0.15, 0.2) is 0 Å². The largest absolute Gasteiger partial charge is 0.466 e. The average molecular weight is 959 g/mol. The van der Waals surface area contributed by atoms with Gasteiger partial charge in [0.25, 0.3) is 0 Å². The highest BCUT2D eigenvalue weighted by molar-refractivity contribution is 5.76. The molecule has 1 amide bonds. The minimum atomic E-state index is -0.671. The lowest BCUT2D eigenvalue weighted by Crippen LogP contribution is -2.45. The van der Waals surface area contributed by atoms with E-state index >= 15 is 0 Å². The van der Waals surface area contributed by atoms with Crippen LogP contribution in [0, 0.1) is 0 Å². The standard InChI is InChI=1S/C62H119NO5/c1-3-5-7-9-11-13-15-17-18-19-20-22-25-28-31-34-38-42-46-50-54-60(65)59(58-64)63-61(66)55-51-47-43-39-35-32-29-26-23-21-24-27-30-33-37-41-45-49-53-57-68-62(67)56-52-48-44-40-36-16-14-12-10-8-6-4-2/h27,30,33,37,59-60,64-65H,3-26,28-29,31-32,34-36,38-58H2,1-2H3,(H,63,66)/b30-27-,37-33-. The van der Waals surface area contributed by atoms with Crippen LogP contribution in [-0.2, 0) is 14.3 Å². The molecule has 3 N–H and O–H groups in total. The lowest BCUT2D eigenvalue weighted by Gasteiger charge is -2.22. The molecule has 6 nitrogen and oxygen atoms in total. The summed E-state index contributed by atoms with van der Waals surface area (Å²) in [5.74, 6) is -0.0539. The van der Waals surface area contributed by atoms with E-state index in [4.69, 9.17) is 4.74 Å². The number of amides is 1. The smallest absolute Gasteiger partial charge is 0.305 e. The molecule has 0 spiro atoms. The zero-order valence-electron chi connectivity index (χ0n) is 45.9. The van der Waals surface area contributed by atoms with Crippen LogP contribution >= 0.6 is 0 Å². The number of unbranched alkanes of at least 4 members (excludes halogenated alkanes) is 43. The number of carbonyl (C=O) groups is 2. The van der Waals surface area contributed by atoms with Crippen molar-refractivity contribution < 1.29 is 24.5 Å². The van der Waals surface area contributed by atoms with E-state index < -0.39 is 12.1 Å². The second-order valence-electron chi connectivity index (χ2n) is 21.1. The molecule has 0 bridgehead atoms. The van der Waals surface area contributed by atoms with Crippen LogP contribution in [0.15, 0.2) is 24.3 Å². The summed E-state index contributed by atoms with van der Waals surface area (Å²) >= 11 is 0. The average Bonchev–Trinajstić information content (AvgIpc) is 3.34. The molecule has 0 aliphatic carbocycles. The first-order valence-electron chi connectivity index (χ1n) is 30.6. The highest BCUT2D eigenvalue weighted by Gasteiger charge is 2.20. The molecule has 0 aliphatic rings. The maximum atomic E-state index is 12.5. The second-order valence-corrected chi connectivity index (χ2v) is 21.1. The van der Waals surface area contributed by atoms with E-state index in [1.165, 1.54) is 231 Å². The fraction of sp³-hybridized carbons (Fsp3) is 0.903. The van der Waals surface area contributed by atoms with Crippen molar-refractivity contribution in [1.82, 2.24) is 5.32 Å². The van der Waals surface area contributed by atoms with Gasteiger partial charge in [-0.3, -0.25) is 9.59 Å². The maximum absolute atomic E-state index is 12.5. The number of hydrogen-bond donors (Lipinski definition) is 3. The summed E-state index contributed by atoms with van der Waals surface area (Å²) in [6, 6.07) is -0.549. The van der Waals surface area contributed by atoms with Crippen molar-refractivity contribution in [2.24, 2.45) is 0 Å². The Morgan fingerprint density at radius 3 is 1.09 bits per heavy atom. The molecular formula is C62H119NO5. The zero-order valence-corrected chi connectivity index (χ0v) is 45.9. The molecule has 0 rings (SSSR count). The van der Waals surface area contributed by atoms with Gasteiger partial charge in [-0.25, -0.2) is 0 Å². The summed E-state index contributed by atoms with van der Waals surface area (Å²) in [6.45, 7) is 4.93. The Bertz CT molecular complexity index is 1060. The van der Waals surface area contributed by atoms with Crippen molar-refractivity contribution in [3.8, 4) is 0 Å². The van der Waals surface area contributed by atoms with Gasteiger partial charge in [0.1, 0.15) is 0 Å². The Morgan fingerprint density at radius 1 is 0.412 bits per heavy atom. The van der Waals surface area contributed by atoms with Crippen LogP contribution in [0.4, 0.5) is 0 Å². The number of hydrogen-bond acceptors (Lipinski definition) is 5. The van der Waals surface area contributed by atoms with Gasteiger partial charge in [0, 0.05) is 12.8 Å². The van der Waals surface area contributed by atoms with Gasteiger partial charge < -0.3 is 20.3 Å². The van der Waals surface area contributed by atoms with Crippen molar-refractivity contribution >= 4 is 11.9 Å². The predicted octanol–water partition coefficient (Wildman–Crippen LogP) is 19.0. The first-order valence-corrected chi connectivity index (χ1v) is 30.6. The highest BCUT2D eigenvalue weighted by Crippen LogP contribution is 2.18. The summed E-state index contributed by atoms with van der Waals surface area (Å²) in [4.78, 5) is 24.5. The van der Waals surface area contributed by atoms with Gasteiger partial charge in [-0.05, 0) is 57.8 Å². The molecule has 2 unspecified atom stereocenters. The van der Waals surface area contributed by atoms with Crippen molar-refractivity contribution in [2.45, 2.75) is 347 Å². The van der Waals surface area contributed by atoms with Crippen LogP contribution < -0.4 is 5.32 Å². The minimum Gasteiger partial charge on any atom is -0.466 e. The fourth-order valence-electron chi connectivity index (χ4n) is 9.57. The van der Waals surface area contributed by atoms with Crippen LogP contribution in [0.1, 0.15) is 335 Å². The van der Waals surface area contributed by atoms with Gasteiger partial charge in [-0.15, -0.1) is 0 Å². The van der Waals surface area contributed by atoms with E-state index in [0.717, 1.165) is 70.6 Å². The minimum absolute atomic E-state index is 0.0121. The topological polar surface area (TPSA) is 95.9 Å². The number of aliphatic hydroxyl groups is 2. The van der Waals surface area contributed by atoms with Gasteiger partial charge in [-0.1, -0.05) is 289 Å². The molecule has 2 atom stereocenters. The van der Waals surface area contributed by atoms with Crippen LogP contribution in [-0.4, -0.2) is 47.4 Å². The van der Waals surface area contributed by atoms with Gasteiger partial charge in [0.2, 0.25) is 5.91 Å². The summed E-state index contributed by atoms with van der Waals surface area (Å²) < 4.78 is 5.44. The zero-order chi connectivity index (χ0) is 49.3. The normalized spacial score (nSPS) is 12.7. The van der Waals surface area contributed by atoms with Crippen molar-refractivity contribution in [1.29, 1.82) is 0 Å². The molecule has 0 aliphatic heterocycles. The molecule has 0 aromatic carbocycles. The number of allylic oxidation sites excluding steroid dienone is 4. The maximum Gasteiger partial charge on any atom is 0.305 e. The third-order valence-electron chi connectivity index (χ3n) is 14.3.